The predicted octanol–water partition coefficient (Wildman–Crippen LogP) is 4.95. The van der Waals surface area contributed by atoms with Crippen LogP contribution in [0.3, 0.4) is 0 Å². The van der Waals surface area contributed by atoms with Gasteiger partial charge in [0.2, 0.25) is 0 Å². The SMILES string of the molecule is Nc1ncccc1-c1nc2ccc(-c3ccccc3F)nc2n1-c1ccc(C2CCNC2)cc1. The third-order valence-corrected chi connectivity index (χ3v) is 6.42. The van der Waals surface area contributed by atoms with Gasteiger partial charge in [-0.1, -0.05) is 24.3 Å². The maximum atomic E-state index is 14.5. The molecule has 0 aliphatic carbocycles. The number of aromatic nitrogens is 4. The quantitative estimate of drug-likeness (QED) is 0.405. The third kappa shape index (κ3) is 3.50. The van der Waals surface area contributed by atoms with Crippen molar-refractivity contribution in [3.63, 3.8) is 0 Å². The first-order valence-corrected chi connectivity index (χ1v) is 11.4. The van der Waals surface area contributed by atoms with Gasteiger partial charge in [0.1, 0.15) is 17.2 Å². The largest absolute Gasteiger partial charge is 0.383 e. The van der Waals surface area contributed by atoms with E-state index in [-0.39, 0.29) is 5.82 Å². The lowest BCUT2D eigenvalue weighted by atomic mass is 9.98. The lowest BCUT2D eigenvalue weighted by molar-refractivity contribution is 0.631. The van der Waals surface area contributed by atoms with Crippen LogP contribution in [0.5, 0.6) is 0 Å². The second-order valence-corrected chi connectivity index (χ2v) is 8.51. The van der Waals surface area contributed by atoms with E-state index in [9.17, 15) is 4.39 Å². The number of nitrogens with one attached hydrogen (secondary N) is 1. The number of nitrogen functional groups attached to an aromatic ring is 1. The first kappa shape index (κ1) is 20.5. The van der Waals surface area contributed by atoms with Crippen molar-refractivity contribution < 1.29 is 4.39 Å². The number of imidazole rings is 1. The number of nitrogens with zero attached hydrogens (tertiary/aromatic N) is 4. The molecule has 2 aromatic carbocycles. The summed E-state index contributed by atoms with van der Waals surface area (Å²) in [5.74, 6) is 1.25. The predicted molar refractivity (Wildman–Crippen MR) is 132 cm³/mol. The van der Waals surface area contributed by atoms with Gasteiger partial charge in [-0.15, -0.1) is 0 Å². The highest BCUT2D eigenvalue weighted by Gasteiger charge is 2.20. The van der Waals surface area contributed by atoms with Crippen LogP contribution in [-0.4, -0.2) is 32.6 Å². The van der Waals surface area contributed by atoms with Crippen molar-refractivity contribution in [2.45, 2.75) is 12.3 Å². The third-order valence-electron chi connectivity index (χ3n) is 6.42. The monoisotopic (exact) mass is 450 g/mol. The highest BCUT2D eigenvalue weighted by molar-refractivity contribution is 5.84. The van der Waals surface area contributed by atoms with Crippen LogP contribution in [-0.2, 0) is 0 Å². The van der Waals surface area contributed by atoms with E-state index < -0.39 is 0 Å². The first-order chi connectivity index (χ1) is 16.7. The molecule has 6 rings (SSSR count). The van der Waals surface area contributed by atoms with Crippen molar-refractivity contribution in [3.8, 4) is 28.3 Å². The molecule has 0 radical (unpaired) electrons. The first-order valence-electron chi connectivity index (χ1n) is 11.4. The minimum Gasteiger partial charge on any atom is -0.383 e. The summed E-state index contributed by atoms with van der Waals surface area (Å²) in [5.41, 5.74) is 11.5. The average Bonchev–Trinajstić information content (AvgIpc) is 3.53. The Morgan fingerprint density at radius 2 is 1.74 bits per heavy atom. The Morgan fingerprint density at radius 3 is 2.50 bits per heavy atom. The van der Waals surface area contributed by atoms with Crippen LogP contribution < -0.4 is 11.1 Å². The molecule has 1 saturated heterocycles. The van der Waals surface area contributed by atoms with Gasteiger partial charge in [-0.05, 0) is 73.0 Å². The molecule has 0 bridgehead atoms. The van der Waals surface area contributed by atoms with Gasteiger partial charge >= 0.3 is 0 Å². The number of pyridine rings is 2. The summed E-state index contributed by atoms with van der Waals surface area (Å²) in [6, 6.07) is 22.5. The Balaban J connectivity index is 1.56. The van der Waals surface area contributed by atoms with E-state index in [1.165, 1.54) is 11.6 Å². The zero-order valence-electron chi connectivity index (χ0n) is 18.4. The number of halogens is 1. The molecule has 0 saturated carbocycles. The van der Waals surface area contributed by atoms with Gasteiger partial charge in [0.05, 0.1) is 11.3 Å². The van der Waals surface area contributed by atoms with Crippen LogP contribution in [0, 0.1) is 5.82 Å². The van der Waals surface area contributed by atoms with E-state index in [1.807, 2.05) is 22.8 Å². The molecule has 1 atom stereocenters. The molecule has 1 unspecified atom stereocenters. The second kappa shape index (κ2) is 8.35. The highest BCUT2D eigenvalue weighted by Crippen LogP contribution is 2.33. The fourth-order valence-corrected chi connectivity index (χ4v) is 4.64. The van der Waals surface area contributed by atoms with Crippen molar-refractivity contribution in [3.05, 3.63) is 90.4 Å². The van der Waals surface area contributed by atoms with E-state index in [4.69, 9.17) is 15.7 Å². The van der Waals surface area contributed by atoms with Gasteiger partial charge in [0, 0.05) is 24.0 Å². The normalized spacial score (nSPS) is 15.7. The molecular formula is C27H23FN6. The summed E-state index contributed by atoms with van der Waals surface area (Å²) in [6.45, 7) is 2.05. The van der Waals surface area contributed by atoms with Crippen LogP contribution in [0.15, 0.2) is 79.0 Å². The van der Waals surface area contributed by atoms with Gasteiger partial charge < -0.3 is 11.1 Å². The number of hydrogen-bond acceptors (Lipinski definition) is 5. The minimum absolute atomic E-state index is 0.313. The topological polar surface area (TPSA) is 81.7 Å². The molecule has 1 fully saturated rings. The molecule has 34 heavy (non-hydrogen) atoms. The summed E-state index contributed by atoms with van der Waals surface area (Å²) in [5, 5.41) is 3.42. The van der Waals surface area contributed by atoms with E-state index in [0.717, 1.165) is 30.8 Å². The fraction of sp³-hybridized carbons (Fsp3) is 0.148. The summed E-state index contributed by atoms with van der Waals surface area (Å²) >= 11 is 0. The molecule has 1 aliphatic rings. The van der Waals surface area contributed by atoms with E-state index in [1.54, 1.807) is 30.5 Å². The van der Waals surface area contributed by atoms with Crippen molar-refractivity contribution in [2.24, 2.45) is 0 Å². The number of fused-ring (bicyclic) bond motifs is 1. The van der Waals surface area contributed by atoms with E-state index in [0.29, 0.717) is 40.0 Å². The Hall–Kier alpha value is -4.10. The summed E-state index contributed by atoms with van der Waals surface area (Å²) in [6.07, 6.45) is 2.79. The maximum Gasteiger partial charge on any atom is 0.165 e. The number of nitrogens with two attached hydrogens (primary N) is 1. The van der Waals surface area contributed by atoms with Crippen LogP contribution in [0.25, 0.3) is 39.5 Å². The lowest BCUT2D eigenvalue weighted by Crippen LogP contribution is -2.08. The minimum atomic E-state index is -0.313. The van der Waals surface area contributed by atoms with Gasteiger partial charge in [-0.2, -0.15) is 0 Å². The Morgan fingerprint density at radius 1 is 0.912 bits per heavy atom. The molecule has 5 aromatic rings. The Kier molecular flexibility index (Phi) is 5.04. The van der Waals surface area contributed by atoms with Gasteiger partial charge in [0.25, 0.3) is 0 Å². The molecule has 0 amide bonds. The van der Waals surface area contributed by atoms with Gasteiger partial charge in [0.15, 0.2) is 11.5 Å². The van der Waals surface area contributed by atoms with Crippen LogP contribution in [0.1, 0.15) is 17.9 Å². The van der Waals surface area contributed by atoms with Crippen molar-refractivity contribution in [1.29, 1.82) is 0 Å². The molecule has 168 valence electrons. The Bertz CT molecular complexity index is 1490. The summed E-state index contributed by atoms with van der Waals surface area (Å²) in [7, 11) is 0. The number of hydrogen-bond donors (Lipinski definition) is 2. The molecule has 4 heterocycles. The average molecular weight is 451 g/mol. The van der Waals surface area contributed by atoms with Crippen LogP contribution >= 0.6 is 0 Å². The second-order valence-electron chi connectivity index (χ2n) is 8.51. The summed E-state index contributed by atoms with van der Waals surface area (Å²) in [4.78, 5) is 14.0. The highest BCUT2D eigenvalue weighted by atomic mass is 19.1. The van der Waals surface area contributed by atoms with Crippen LogP contribution in [0.2, 0.25) is 0 Å². The maximum absolute atomic E-state index is 14.5. The van der Waals surface area contributed by atoms with Crippen molar-refractivity contribution in [2.75, 3.05) is 18.8 Å². The van der Waals surface area contributed by atoms with E-state index in [2.05, 4.69) is 34.6 Å². The fourth-order valence-electron chi connectivity index (χ4n) is 4.64. The smallest absolute Gasteiger partial charge is 0.165 e. The lowest BCUT2D eigenvalue weighted by Gasteiger charge is -2.13. The molecule has 3 N–H and O–H groups in total. The Labute approximate surface area is 196 Å². The van der Waals surface area contributed by atoms with Crippen molar-refractivity contribution in [1.82, 2.24) is 24.8 Å². The van der Waals surface area contributed by atoms with E-state index >= 15 is 0 Å². The standard InChI is InChI=1S/C27H23FN6/c28-22-6-2-1-4-20(22)23-11-12-24-27(32-23)34(26(33-24)21-5-3-14-31-25(21)29)19-9-7-17(8-10-19)18-13-15-30-16-18/h1-12,14,18,30H,13,15-16H2,(H2,29,31). The van der Waals surface area contributed by atoms with Gasteiger partial charge in [-0.25, -0.2) is 19.3 Å². The molecule has 7 heteroatoms. The number of anilines is 1. The van der Waals surface area contributed by atoms with Gasteiger partial charge in [-0.3, -0.25) is 4.57 Å². The molecule has 0 spiro atoms. The number of rotatable bonds is 4. The molecule has 1 aliphatic heterocycles. The van der Waals surface area contributed by atoms with Crippen LogP contribution in [0.4, 0.5) is 10.2 Å². The molecule has 3 aromatic heterocycles. The molecular weight excluding hydrogens is 427 g/mol. The zero-order chi connectivity index (χ0) is 23.1. The van der Waals surface area contributed by atoms with Crippen molar-refractivity contribution >= 4 is 17.0 Å². The summed E-state index contributed by atoms with van der Waals surface area (Å²) < 4.78 is 16.5. The molecule has 6 nitrogen and oxygen atoms in total. The zero-order valence-corrected chi connectivity index (χ0v) is 18.4. The number of benzene rings is 2.